The van der Waals surface area contributed by atoms with E-state index in [0.29, 0.717) is 24.9 Å². The van der Waals surface area contributed by atoms with Crippen LogP contribution in [0.1, 0.15) is 33.7 Å². The summed E-state index contributed by atoms with van der Waals surface area (Å²) < 4.78 is 0. The molecule has 1 aromatic heterocycles. The Kier molecular flexibility index (Phi) is 3.74. The van der Waals surface area contributed by atoms with Crippen LogP contribution < -0.4 is 10.6 Å². The lowest BCUT2D eigenvalue weighted by atomic mass is 10.1. The number of rotatable bonds is 3. The van der Waals surface area contributed by atoms with Crippen molar-refractivity contribution in [1.29, 1.82) is 0 Å². The molecule has 1 aliphatic rings. The number of carbonyl (C=O) groups excluding carboxylic acids is 2. The zero-order chi connectivity index (χ0) is 13.8. The van der Waals surface area contributed by atoms with E-state index < -0.39 is 5.97 Å². The molecule has 0 bridgehead atoms. The van der Waals surface area contributed by atoms with Crippen LogP contribution in [-0.2, 0) is 4.79 Å². The Morgan fingerprint density at radius 2 is 2.21 bits per heavy atom. The van der Waals surface area contributed by atoms with Crippen LogP contribution in [0.15, 0.2) is 18.3 Å². The molecular formula is C12H13N3O4. The molecule has 7 nitrogen and oxygen atoms in total. The summed E-state index contributed by atoms with van der Waals surface area (Å²) in [5, 5.41) is 14.1. The number of piperidine rings is 1. The highest BCUT2D eigenvalue weighted by atomic mass is 16.4. The van der Waals surface area contributed by atoms with E-state index in [0.717, 1.165) is 0 Å². The highest BCUT2D eigenvalue weighted by Gasteiger charge is 2.20. The first-order valence-corrected chi connectivity index (χ1v) is 5.83. The van der Waals surface area contributed by atoms with Crippen LogP contribution in [0.25, 0.3) is 0 Å². The van der Waals surface area contributed by atoms with Crippen LogP contribution >= 0.6 is 0 Å². The normalized spacial score (nSPS) is 18.5. The Balaban J connectivity index is 1.96. The Morgan fingerprint density at radius 1 is 1.42 bits per heavy atom. The standard InChI is InChI=1S/C12H13N3O4/c16-10-4-2-8(6-14-10)15-11(17)7-1-3-9(12(18)19)13-5-7/h1,3,5,8H,2,4,6H2,(H,14,16)(H,15,17)(H,18,19). The van der Waals surface area contributed by atoms with Crippen LogP contribution in [0.5, 0.6) is 0 Å². The third-order valence-electron chi connectivity index (χ3n) is 2.85. The van der Waals surface area contributed by atoms with E-state index in [1.807, 2.05) is 0 Å². The van der Waals surface area contributed by atoms with Gasteiger partial charge in [0.15, 0.2) is 0 Å². The third kappa shape index (κ3) is 3.27. The van der Waals surface area contributed by atoms with E-state index >= 15 is 0 Å². The van der Waals surface area contributed by atoms with E-state index in [9.17, 15) is 14.4 Å². The second-order valence-electron chi connectivity index (χ2n) is 4.25. The fourth-order valence-corrected chi connectivity index (χ4v) is 1.78. The Hall–Kier alpha value is -2.44. The number of carboxylic acids is 1. The fourth-order valence-electron chi connectivity index (χ4n) is 1.78. The van der Waals surface area contributed by atoms with E-state index in [4.69, 9.17) is 5.11 Å². The largest absolute Gasteiger partial charge is 0.477 e. The lowest BCUT2D eigenvalue weighted by Crippen LogP contribution is -2.47. The summed E-state index contributed by atoms with van der Waals surface area (Å²) in [7, 11) is 0. The molecule has 1 fully saturated rings. The summed E-state index contributed by atoms with van der Waals surface area (Å²) >= 11 is 0. The highest BCUT2D eigenvalue weighted by Crippen LogP contribution is 2.05. The average Bonchev–Trinajstić information content (AvgIpc) is 2.41. The van der Waals surface area contributed by atoms with E-state index in [1.165, 1.54) is 18.3 Å². The zero-order valence-corrected chi connectivity index (χ0v) is 10.0. The van der Waals surface area contributed by atoms with E-state index in [2.05, 4.69) is 15.6 Å². The maximum Gasteiger partial charge on any atom is 0.354 e. The second kappa shape index (κ2) is 5.47. The molecule has 0 saturated carbocycles. The van der Waals surface area contributed by atoms with Gasteiger partial charge in [-0.05, 0) is 18.6 Å². The molecule has 19 heavy (non-hydrogen) atoms. The first-order chi connectivity index (χ1) is 9.06. The molecule has 1 saturated heterocycles. The molecule has 0 radical (unpaired) electrons. The van der Waals surface area contributed by atoms with Gasteiger partial charge >= 0.3 is 5.97 Å². The number of aromatic nitrogens is 1. The predicted octanol–water partition coefficient (Wildman–Crippen LogP) is -0.212. The summed E-state index contributed by atoms with van der Waals surface area (Å²) in [4.78, 5) is 37.1. The lowest BCUT2D eigenvalue weighted by Gasteiger charge is -2.23. The molecule has 2 amide bonds. The highest BCUT2D eigenvalue weighted by molar-refractivity contribution is 5.95. The Bertz CT molecular complexity index is 502. The van der Waals surface area contributed by atoms with Gasteiger partial charge in [0.05, 0.1) is 5.56 Å². The molecule has 0 aliphatic carbocycles. The average molecular weight is 263 g/mol. The molecule has 7 heteroatoms. The molecule has 2 heterocycles. The van der Waals surface area contributed by atoms with Crippen molar-refractivity contribution in [3.63, 3.8) is 0 Å². The number of nitrogens with one attached hydrogen (secondary N) is 2. The summed E-state index contributed by atoms with van der Waals surface area (Å²) in [5.41, 5.74) is 0.184. The van der Waals surface area contributed by atoms with Gasteiger partial charge < -0.3 is 15.7 Å². The van der Waals surface area contributed by atoms with Crippen LogP contribution in [-0.4, -0.2) is 40.5 Å². The summed E-state index contributed by atoms with van der Waals surface area (Å²) in [6.07, 6.45) is 2.21. The monoisotopic (exact) mass is 263 g/mol. The minimum Gasteiger partial charge on any atom is -0.477 e. The van der Waals surface area contributed by atoms with Gasteiger partial charge in [-0.15, -0.1) is 0 Å². The van der Waals surface area contributed by atoms with Crippen molar-refractivity contribution in [2.45, 2.75) is 18.9 Å². The van der Waals surface area contributed by atoms with Gasteiger partial charge in [-0.1, -0.05) is 0 Å². The number of amides is 2. The molecule has 3 N–H and O–H groups in total. The second-order valence-corrected chi connectivity index (χ2v) is 4.25. The molecule has 2 rings (SSSR count). The number of hydrogen-bond acceptors (Lipinski definition) is 4. The van der Waals surface area contributed by atoms with Crippen LogP contribution in [0.3, 0.4) is 0 Å². The molecule has 1 aromatic rings. The van der Waals surface area contributed by atoms with E-state index in [1.54, 1.807) is 0 Å². The van der Waals surface area contributed by atoms with Gasteiger partial charge in [0, 0.05) is 25.2 Å². The number of hydrogen-bond donors (Lipinski definition) is 3. The van der Waals surface area contributed by atoms with Gasteiger partial charge in [-0.2, -0.15) is 0 Å². The summed E-state index contributed by atoms with van der Waals surface area (Å²) in [5.74, 6) is -1.48. The number of pyridine rings is 1. The quantitative estimate of drug-likeness (QED) is 0.699. The zero-order valence-electron chi connectivity index (χ0n) is 10.0. The molecule has 0 spiro atoms. The maximum atomic E-state index is 11.9. The number of carbonyl (C=O) groups is 3. The van der Waals surface area contributed by atoms with Crippen LogP contribution in [0.2, 0.25) is 0 Å². The van der Waals surface area contributed by atoms with Crippen molar-refractivity contribution in [3.05, 3.63) is 29.6 Å². The summed E-state index contributed by atoms with van der Waals surface area (Å²) in [6.45, 7) is 0.408. The third-order valence-corrected chi connectivity index (χ3v) is 2.85. The minimum absolute atomic E-state index is 0.0158. The van der Waals surface area contributed by atoms with Gasteiger partial charge in [0.25, 0.3) is 5.91 Å². The number of aromatic carboxylic acids is 1. The van der Waals surface area contributed by atoms with Crippen molar-refractivity contribution in [2.75, 3.05) is 6.54 Å². The molecule has 1 unspecified atom stereocenters. The van der Waals surface area contributed by atoms with E-state index in [-0.39, 0.29) is 23.6 Å². The topological polar surface area (TPSA) is 108 Å². The molecular weight excluding hydrogens is 250 g/mol. The lowest BCUT2D eigenvalue weighted by molar-refractivity contribution is -0.122. The Morgan fingerprint density at radius 3 is 2.74 bits per heavy atom. The maximum absolute atomic E-state index is 11.9. The minimum atomic E-state index is -1.14. The van der Waals surface area contributed by atoms with Gasteiger partial charge in [0.2, 0.25) is 5.91 Å². The van der Waals surface area contributed by atoms with Crippen molar-refractivity contribution in [3.8, 4) is 0 Å². The van der Waals surface area contributed by atoms with Crippen LogP contribution in [0.4, 0.5) is 0 Å². The van der Waals surface area contributed by atoms with Crippen molar-refractivity contribution in [2.24, 2.45) is 0 Å². The Labute approximate surface area is 109 Å². The van der Waals surface area contributed by atoms with Crippen LogP contribution in [0, 0.1) is 0 Å². The van der Waals surface area contributed by atoms with Gasteiger partial charge in [0.1, 0.15) is 5.69 Å². The molecule has 1 atom stereocenters. The van der Waals surface area contributed by atoms with Crippen molar-refractivity contribution < 1.29 is 19.5 Å². The van der Waals surface area contributed by atoms with Crippen molar-refractivity contribution >= 4 is 17.8 Å². The first kappa shape index (κ1) is 13.0. The summed E-state index contributed by atoms with van der Waals surface area (Å²) in [6, 6.07) is 2.58. The predicted molar refractivity (Wildman–Crippen MR) is 64.7 cm³/mol. The number of carboxylic acid groups (broad SMARTS) is 1. The fraction of sp³-hybridized carbons (Fsp3) is 0.333. The van der Waals surface area contributed by atoms with Gasteiger partial charge in [-0.25, -0.2) is 9.78 Å². The SMILES string of the molecule is O=C1CCC(NC(=O)c2ccc(C(=O)O)nc2)CN1. The molecule has 100 valence electrons. The number of nitrogens with zero attached hydrogens (tertiary/aromatic N) is 1. The van der Waals surface area contributed by atoms with Gasteiger partial charge in [-0.3, -0.25) is 9.59 Å². The smallest absolute Gasteiger partial charge is 0.354 e. The molecule has 1 aliphatic heterocycles. The first-order valence-electron chi connectivity index (χ1n) is 5.83. The van der Waals surface area contributed by atoms with Crippen molar-refractivity contribution in [1.82, 2.24) is 15.6 Å². The molecule has 0 aromatic carbocycles.